The number of rotatable bonds is 8. The maximum Gasteiger partial charge on any atom is 0.191 e. The van der Waals surface area contributed by atoms with E-state index in [9.17, 15) is 0 Å². The van der Waals surface area contributed by atoms with Crippen molar-refractivity contribution in [2.75, 3.05) is 12.4 Å². The highest BCUT2D eigenvalue weighted by Crippen LogP contribution is 2.25. The van der Waals surface area contributed by atoms with Gasteiger partial charge >= 0.3 is 0 Å². The molecule has 7 heteroatoms. The molecule has 0 unspecified atom stereocenters. The fraction of sp³-hybridized carbons (Fsp3) is 0.136. The highest BCUT2D eigenvalue weighted by atomic mass is 79.9. The van der Waals surface area contributed by atoms with Gasteiger partial charge in [-0.25, -0.2) is 0 Å². The van der Waals surface area contributed by atoms with Crippen LogP contribution in [0.4, 0.5) is 0 Å². The summed E-state index contributed by atoms with van der Waals surface area (Å²) in [4.78, 5) is 4.22. The summed E-state index contributed by atoms with van der Waals surface area (Å²) >= 11 is 5.10. The SMILES string of the molecule is Brc1cccc(OCCSc2nnc(-c3cccnc3)n2Cc2ccccc2)c1. The zero-order valence-electron chi connectivity index (χ0n) is 15.6. The molecule has 0 saturated carbocycles. The van der Waals surface area contributed by atoms with Crippen LogP contribution in [0.5, 0.6) is 5.75 Å². The number of nitrogens with zero attached hydrogens (tertiary/aromatic N) is 4. The molecule has 4 aromatic rings. The van der Waals surface area contributed by atoms with E-state index >= 15 is 0 Å². The quantitative estimate of drug-likeness (QED) is 0.259. The summed E-state index contributed by atoms with van der Waals surface area (Å²) in [6.45, 7) is 1.29. The zero-order chi connectivity index (χ0) is 19.9. The van der Waals surface area contributed by atoms with Gasteiger partial charge in [-0.15, -0.1) is 10.2 Å². The van der Waals surface area contributed by atoms with E-state index in [0.29, 0.717) is 13.2 Å². The van der Waals surface area contributed by atoms with Crippen molar-refractivity contribution < 1.29 is 4.74 Å². The lowest BCUT2D eigenvalue weighted by atomic mass is 10.2. The molecule has 0 spiro atoms. The first-order valence-electron chi connectivity index (χ1n) is 9.18. The van der Waals surface area contributed by atoms with Crippen molar-refractivity contribution in [3.8, 4) is 17.1 Å². The van der Waals surface area contributed by atoms with Crippen LogP contribution in [0.1, 0.15) is 5.56 Å². The molecule has 0 radical (unpaired) electrons. The second-order valence-corrected chi connectivity index (χ2v) is 8.25. The number of benzene rings is 2. The van der Waals surface area contributed by atoms with E-state index in [0.717, 1.165) is 32.5 Å². The Bertz CT molecular complexity index is 1060. The van der Waals surface area contributed by atoms with Gasteiger partial charge in [0.2, 0.25) is 0 Å². The third-order valence-electron chi connectivity index (χ3n) is 4.20. The van der Waals surface area contributed by atoms with Crippen LogP contribution in [-0.2, 0) is 6.54 Å². The van der Waals surface area contributed by atoms with Gasteiger partial charge in [-0.1, -0.05) is 64.1 Å². The lowest BCUT2D eigenvalue weighted by Crippen LogP contribution is -2.06. The van der Waals surface area contributed by atoms with Crippen molar-refractivity contribution in [2.24, 2.45) is 0 Å². The predicted octanol–water partition coefficient (Wildman–Crippen LogP) is 5.32. The van der Waals surface area contributed by atoms with Crippen molar-refractivity contribution in [2.45, 2.75) is 11.7 Å². The van der Waals surface area contributed by atoms with Crippen molar-refractivity contribution in [3.63, 3.8) is 0 Å². The Balaban J connectivity index is 1.49. The van der Waals surface area contributed by atoms with E-state index in [1.807, 2.05) is 60.8 Å². The minimum Gasteiger partial charge on any atom is -0.493 e. The van der Waals surface area contributed by atoms with E-state index in [2.05, 4.69) is 47.8 Å². The van der Waals surface area contributed by atoms with Crippen LogP contribution in [0, 0.1) is 0 Å². The minimum absolute atomic E-state index is 0.585. The van der Waals surface area contributed by atoms with E-state index < -0.39 is 0 Å². The number of ether oxygens (including phenoxy) is 1. The average molecular weight is 467 g/mol. The molecule has 0 saturated heterocycles. The molecule has 29 heavy (non-hydrogen) atoms. The molecule has 2 aromatic heterocycles. The van der Waals surface area contributed by atoms with Crippen LogP contribution in [0.15, 0.2) is 88.8 Å². The minimum atomic E-state index is 0.585. The van der Waals surface area contributed by atoms with Gasteiger partial charge in [0.1, 0.15) is 5.75 Å². The summed E-state index contributed by atoms with van der Waals surface area (Å²) in [6.07, 6.45) is 3.58. The third kappa shape index (κ3) is 5.25. The van der Waals surface area contributed by atoms with Crippen LogP contribution in [0.3, 0.4) is 0 Å². The van der Waals surface area contributed by atoms with Gasteiger partial charge < -0.3 is 4.74 Å². The van der Waals surface area contributed by atoms with Gasteiger partial charge in [0.25, 0.3) is 0 Å². The molecule has 0 amide bonds. The summed E-state index contributed by atoms with van der Waals surface area (Å²) in [5, 5.41) is 9.73. The third-order valence-corrected chi connectivity index (χ3v) is 5.62. The zero-order valence-corrected chi connectivity index (χ0v) is 18.0. The second kappa shape index (κ2) is 9.71. The molecule has 0 fully saturated rings. The van der Waals surface area contributed by atoms with Gasteiger partial charge in [-0.2, -0.15) is 0 Å². The highest BCUT2D eigenvalue weighted by Gasteiger charge is 2.15. The number of thioether (sulfide) groups is 1. The van der Waals surface area contributed by atoms with Gasteiger partial charge in [0.05, 0.1) is 13.2 Å². The molecule has 146 valence electrons. The number of hydrogen-bond acceptors (Lipinski definition) is 5. The highest BCUT2D eigenvalue weighted by molar-refractivity contribution is 9.10. The Hall–Kier alpha value is -2.64. The summed E-state index contributed by atoms with van der Waals surface area (Å²) in [6, 6.07) is 22.1. The molecule has 0 N–H and O–H groups in total. The molecule has 0 bridgehead atoms. The largest absolute Gasteiger partial charge is 0.493 e. The lowest BCUT2D eigenvalue weighted by Gasteiger charge is -2.11. The average Bonchev–Trinajstić information content (AvgIpc) is 3.15. The second-order valence-electron chi connectivity index (χ2n) is 6.27. The van der Waals surface area contributed by atoms with Crippen LogP contribution >= 0.6 is 27.7 Å². The monoisotopic (exact) mass is 466 g/mol. The molecule has 2 heterocycles. The number of pyridine rings is 1. The first kappa shape index (κ1) is 19.7. The molecule has 0 aliphatic carbocycles. The first-order valence-corrected chi connectivity index (χ1v) is 11.0. The summed E-state index contributed by atoms with van der Waals surface area (Å²) < 4.78 is 8.98. The van der Waals surface area contributed by atoms with Gasteiger partial charge in [0, 0.05) is 28.2 Å². The van der Waals surface area contributed by atoms with Crippen molar-refractivity contribution in [3.05, 3.63) is 89.2 Å². The molecule has 2 aromatic carbocycles. The van der Waals surface area contributed by atoms with Crippen LogP contribution in [-0.4, -0.2) is 32.1 Å². The van der Waals surface area contributed by atoms with E-state index in [1.54, 1.807) is 18.0 Å². The van der Waals surface area contributed by atoms with Crippen LogP contribution < -0.4 is 4.74 Å². The number of aromatic nitrogens is 4. The normalized spacial score (nSPS) is 10.8. The predicted molar refractivity (Wildman–Crippen MR) is 119 cm³/mol. The Morgan fingerprint density at radius 2 is 1.86 bits per heavy atom. The van der Waals surface area contributed by atoms with E-state index in [-0.39, 0.29) is 0 Å². The van der Waals surface area contributed by atoms with Crippen molar-refractivity contribution in [1.29, 1.82) is 0 Å². The Morgan fingerprint density at radius 3 is 2.66 bits per heavy atom. The maximum atomic E-state index is 5.84. The van der Waals surface area contributed by atoms with Crippen LogP contribution in [0.25, 0.3) is 11.4 Å². The lowest BCUT2D eigenvalue weighted by molar-refractivity contribution is 0.343. The van der Waals surface area contributed by atoms with E-state index in [1.165, 1.54) is 5.56 Å². The molecule has 4 rings (SSSR count). The van der Waals surface area contributed by atoms with Gasteiger partial charge in [-0.05, 0) is 35.9 Å². The van der Waals surface area contributed by atoms with Crippen molar-refractivity contribution in [1.82, 2.24) is 19.7 Å². The fourth-order valence-electron chi connectivity index (χ4n) is 2.86. The van der Waals surface area contributed by atoms with Gasteiger partial charge in [0.15, 0.2) is 11.0 Å². The maximum absolute atomic E-state index is 5.84. The standard InChI is InChI=1S/C22H19BrN4OS/c23-19-9-4-10-20(14-19)28-12-13-29-22-26-25-21(18-8-5-11-24-15-18)27(22)16-17-6-2-1-3-7-17/h1-11,14-15H,12-13,16H2. The first-order chi connectivity index (χ1) is 14.3. The van der Waals surface area contributed by atoms with Crippen LogP contribution in [0.2, 0.25) is 0 Å². The molecule has 0 aliphatic rings. The molecule has 0 aliphatic heterocycles. The molecule has 0 atom stereocenters. The summed E-state index contributed by atoms with van der Waals surface area (Å²) in [7, 11) is 0. The molecular weight excluding hydrogens is 448 g/mol. The summed E-state index contributed by atoms with van der Waals surface area (Å²) in [5.41, 5.74) is 2.15. The Labute approximate surface area is 182 Å². The molecule has 5 nitrogen and oxygen atoms in total. The van der Waals surface area contributed by atoms with Gasteiger partial charge in [-0.3, -0.25) is 9.55 Å². The Morgan fingerprint density at radius 1 is 0.966 bits per heavy atom. The fourth-order valence-corrected chi connectivity index (χ4v) is 3.99. The van der Waals surface area contributed by atoms with E-state index in [4.69, 9.17) is 4.74 Å². The number of hydrogen-bond donors (Lipinski definition) is 0. The number of halogens is 1. The van der Waals surface area contributed by atoms with Crippen molar-refractivity contribution >= 4 is 27.7 Å². The summed E-state index contributed by atoms with van der Waals surface area (Å²) in [5.74, 6) is 2.44. The smallest absolute Gasteiger partial charge is 0.191 e. The topological polar surface area (TPSA) is 52.8 Å². The molecular formula is C22H19BrN4OS. The Kier molecular flexibility index (Phi) is 6.59.